The number of hydrogen-bond donors (Lipinski definition) is 2. The summed E-state index contributed by atoms with van der Waals surface area (Å²) in [7, 11) is 0. The van der Waals surface area contributed by atoms with Gasteiger partial charge in [0.05, 0.1) is 17.5 Å². The Morgan fingerprint density at radius 2 is 1.61 bits per heavy atom. The third kappa shape index (κ3) is 7.37. The molecule has 1 fully saturated rings. The molecule has 0 radical (unpaired) electrons. The average molecular weight is 626 g/mol. The zero-order chi connectivity index (χ0) is 31.1. The third-order valence-corrected chi connectivity index (χ3v) is 8.08. The first-order valence-electron chi connectivity index (χ1n) is 13.8. The molecule has 4 amide bonds. The Morgan fingerprint density at radius 3 is 2.32 bits per heavy atom. The van der Waals surface area contributed by atoms with Crippen LogP contribution in [0, 0.1) is 0 Å². The molecule has 4 aromatic rings. The predicted octanol–water partition coefficient (Wildman–Crippen LogP) is 6.57. The molecule has 4 aromatic carbocycles. The van der Waals surface area contributed by atoms with E-state index in [-0.39, 0.29) is 23.9 Å². The predicted molar refractivity (Wildman–Crippen MR) is 173 cm³/mol. The van der Waals surface area contributed by atoms with Crippen LogP contribution < -0.4 is 20.3 Å². The van der Waals surface area contributed by atoms with Crippen LogP contribution in [0.15, 0.2) is 114 Å². The van der Waals surface area contributed by atoms with E-state index in [2.05, 4.69) is 10.6 Å². The van der Waals surface area contributed by atoms with E-state index in [1.807, 2.05) is 19.1 Å². The fourth-order valence-electron chi connectivity index (χ4n) is 4.52. The molecule has 1 aliphatic rings. The second kappa shape index (κ2) is 14.1. The summed E-state index contributed by atoms with van der Waals surface area (Å²) in [6, 6.07) is 29.3. The monoisotopic (exact) mass is 625 g/mol. The van der Waals surface area contributed by atoms with Gasteiger partial charge in [0.25, 0.3) is 11.8 Å². The van der Waals surface area contributed by atoms with Crippen molar-refractivity contribution in [3.8, 4) is 5.75 Å². The third-order valence-electron chi connectivity index (χ3n) is 6.63. The summed E-state index contributed by atoms with van der Waals surface area (Å²) in [5.41, 5.74) is 2.02. The van der Waals surface area contributed by atoms with Gasteiger partial charge in [0.1, 0.15) is 11.4 Å². The minimum Gasteiger partial charge on any atom is -0.493 e. The smallest absolute Gasteiger partial charge is 0.272 e. The van der Waals surface area contributed by atoms with Crippen molar-refractivity contribution >= 4 is 64.4 Å². The van der Waals surface area contributed by atoms with Gasteiger partial charge in [-0.15, -0.1) is 11.8 Å². The fourth-order valence-corrected chi connectivity index (χ4v) is 5.70. The highest BCUT2D eigenvalue weighted by molar-refractivity contribution is 8.00. The molecular formula is C34H28ClN3O5S. The van der Waals surface area contributed by atoms with Crippen molar-refractivity contribution in [1.29, 1.82) is 0 Å². The number of hydrogen-bond acceptors (Lipinski definition) is 6. The van der Waals surface area contributed by atoms with E-state index in [1.165, 1.54) is 16.7 Å². The molecule has 8 nitrogen and oxygen atoms in total. The summed E-state index contributed by atoms with van der Waals surface area (Å²) in [6.45, 7) is 2.30. The lowest BCUT2D eigenvalue weighted by Crippen LogP contribution is -2.31. The topological polar surface area (TPSA) is 105 Å². The number of halogens is 1. The molecule has 5 rings (SSSR count). The lowest BCUT2D eigenvalue weighted by Gasteiger charge is -2.15. The summed E-state index contributed by atoms with van der Waals surface area (Å²) in [5.74, 6) is -0.963. The average Bonchev–Trinajstić information content (AvgIpc) is 3.31. The summed E-state index contributed by atoms with van der Waals surface area (Å²) >= 11 is 7.22. The molecule has 0 spiro atoms. The Hall–Kier alpha value is -4.86. The van der Waals surface area contributed by atoms with E-state index in [4.69, 9.17) is 16.3 Å². The van der Waals surface area contributed by atoms with E-state index in [0.29, 0.717) is 39.9 Å². The molecule has 44 heavy (non-hydrogen) atoms. The fraction of sp³-hybridized carbons (Fsp3) is 0.118. The van der Waals surface area contributed by atoms with Crippen LogP contribution in [0.2, 0.25) is 5.02 Å². The molecule has 0 aromatic heterocycles. The van der Waals surface area contributed by atoms with Crippen molar-refractivity contribution in [3.05, 3.63) is 125 Å². The number of amides is 4. The highest BCUT2D eigenvalue weighted by atomic mass is 35.5. The first kappa shape index (κ1) is 30.6. The summed E-state index contributed by atoms with van der Waals surface area (Å²) in [6.07, 6.45) is 1.64. The summed E-state index contributed by atoms with van der Waals surface area (Å²) < 4.78 is 5.70. The van der Waals surface area contributed by atoms with Crippen LogP contribution in [0.25, 0.3) is 6.08 Å². The zero-order valence-corrected chi connectivity index (χ0v) is 25.2. The number of ether oxygens (including phenoxy) is 1. The summed E-state index contributed by atoms with van der Waals surface area (Å²) in [5, 5.41) is 5.50. The molecule has 0 bridgehead atoms. The van der Waals surface area contributed by atoms with E-state index in [1.54, 1.807) is 97.1 Å². The van der Waals surface area contributed by atoms with Crippen LogP contribution in [0.4, 0.5) is 11.4 Å². The van der Waals surface area contributed by atoms with Crippen molar-refractivity contribution < 1.29 is 23.9 Å². The zero-order valence-electron chi connectivity index (χ0n) is 23.7. The van der Waals surface area contributed by atoms with Crippen LogP contribution >= 0.6 is 23.4 Å². The number of thioether (sulfide) groups is 1. The molecule has 0 saturated carbocycles. The van der Waals surface area contributed by atoms with Gasteiger partial charge in [0, 0.05) is 33.2 Å². The number of imide groups is 1. The van der Waals surface area contributed by atoms with E-state index in [9.17, 15) is 19.2 Å². The minimum absolute atomic E-state index is 0.0295. The molecule has 222 valence electrons. The number of benzene rings is 4. The van der Waals surface area contributed by atoms with Crippen molar-refractivity contribution in [2.24, 2.45) is 0 Å². The standard InChI is InChI=1S/C34H28ClN3O5S/c1-2-43-29-11-7-6-10-23(29)20-28(37-32(40)22-8-4-3-5-9-22)33(41)36-25-14-18-27(19-15-25)44-30-21-31(39)38(34(30)42)26-16-12-24(35)13-17-26/h3-20,30H,2,21H2,1H3,(H,36,41)(H,37,40)/b28-20-. The highest BCUT2D eigenvalue weighted by Gasteiger charge is 2.40. The number of anilines is 2. The maximum atomic E-state index is 13.5. The lowest BCUT2D eigenvalue weighted by molar-refractivity contribution is -0.121. The molecule has 1 aliphatic heterocycles. The Bertz CT molecular complexity index is 1710. The quantitative estimate of drug-likeness (QED) is 0.153. The maximum Gasteiger partial charge on any atom is 0.272 e. The van der Waals surface area contributed by atoms with Crippen LogP contribution in [0.3, 0.4) is 0 Å². The van der Waals surface area contributed by atoms with Gasteiger partial charge in [-0.25, -0.2) is 4.90 Å². The largest absolute Gasteiger partial charge is 0.493 e. The van der Waals surface area contributed by atoms with Crippen LogP contribution in [-0.2, 0) is 14.4 Å². The molecular weight excluding hydrogens is 598 g/mol. The van der Waals surface area contributed by atoms with Gasteiger partial charge in [0.15, 0.2) is 0 Å². The van der Waals surface area contributed by atoms with Crippen LogP contribution in [0.5, 0.6) is 5.75 Å². The van der Waals surface area contributed by atoms with Gasteiger partial charge in [-0.1, -0.05) is 48.0 Å². The molecule has 1 saturated heterocycles. The highest BCUT2D eigenvalue weighted by Crippen LogP contribution is 2.34. The van der Waals surface area contributed by atoms with Gasteiger partial charge in [0.2, 0.25) is 11.8 Å². The number of carbonyl (C=O) groups is 4. The van der Waals surface area contributed by atoms with E-state index >= 15 is 0 Å². The molecule has 1 atom stereocenters. The molecule has 10 heteroatoms. The first-order chi connectivity index (χ1) is 21.3. The second-order valence-corrected chi connectivity index (χ2v) is 11.4. The summed E-state index contributed by atoms with van der Waals surface area (Å²) in [4.78, 5) is 54.0. The van der Waals surface area contributed by atoms with Crippen molar-refractivity contribution in [1.82, 2.24) is 5.32 Å². The molecule has 0 aliphatic carbocycles. The second-order valence-electron chi connectivity index (χ2n) is 9.68. The van der Waals surface area contributed by atoms with Gasteiger partial charge in [-0.3, -0.25) is 19.2 Å². The van der Waals surface area contributed by atoms with Crippen molar-refractivity contribution in [2.45, 2.75) is 23.5 Å². The number of nitrogens with one attached hydrogen (secondary N) is 2. The Balaban J connectivity index is 1.30. The minimum atomic E-state index is -0.577. The van der Waals surface area contributed by atoms with Crippen LogP contribution in [-0.4, -0.2) is 35.5 Å². The lowest BCUT2D eigenvalue weighted by atomic mass is 10.1. The van der Waals surface area contributed by atoms with Gasteiger partial charge in [-0.05, 0) is 79.7 Å². The molecule has 1 heterocycles. The Kier molecular flexibility index (Phi) is 9.79. The Morgan fingerprint density at radius 1 is 0.932 bits per heavy atom. The normalized spacial score (nSPS) is 14.8. The van der Waals surface area contributed by atoms with Crippen molar-refractivity contribution in [2.75, 3.05) is 16.8 Å². The van der Waals surface area contributed by atoms with Gasteiger partial charge in [-0.2, -0.15) is 0 Å². The molecule has 1 unspecified atom stereocenters. The van der Waals surface area contributed by atoms with Gasteiger partial charge >= 0.3 is 0 Å². The number of nitrogens with zero attached hydrogens (tertiary/aromatic N) is 1. The van der Waals surface area contributed by atoms with Crippen LogP contribution in [0.1, 0.15) is 29.3 Å². The van der Waals surface area contributed by atoms with Crippen molar-refractivity contribution in [3.63, 3.8) is 0 Å². The first-order valence-corrected chi connectivity index (χ1v) is 15.1. The Labute approximate surface area is 264 Å². The van der Waals surface area contributed by atoms with E-state index in [0.717, 1.165) is 4.90 Å². The number of rotatable bonds is 10. The molecule has 2 N–H and O–H groups in total. The van der Waals surface area contributed by atoms with E-state index < -0.39 is 17.1 Å². The number of para-hydroxylation sites is 1. The van der Waals surface area contributed by atoms with Gasteiger partial charge < -0.3 is 15.4 Å². The SMILES string of the molecule is CCOc1ccccc1/C=C(\NC(=O)c1ccccc1)C(=O)Nc1ccc(SC2CC(=O)N(c3ccc(Cl)cc3)C2=O)cc1. The number of carbonyl (C=O) groups excluding carboxylic acids is 4. The maximum absolute atomic E-state index is 13.5.